The molecule has 1 aromatic rings. The van der Waals surface area contributed by atoms with Gasteiger partial charge in [-0.05, 0) is 6.07 Å². The van der Waals surface area contributed by atoms with Crippen LogP contribution >= 0.6 is 0 Å². The van der Waals surface area contributed by atoms with Crippen LogP contribution in [0.1, 0.15) is 5.56 Å². The zero-order valence-corrected chi connectivity index (χ0v) is 11.2. The van der Waals surface area contributed by atoms with E-state index in [2.05, 4.69) is 0 Å². The van der Waals surface area contributed by atoms with Crippen molar-refractivity contribution in [2.24, 2.45) is 5.73 Å². The number of amides is 1. The van der Waals surface area contributed by atoms with Gasteiger partial charge in [-0.15, -0.1) is 0 Å². The van der Waals surface area contributed by atoms with E-state index in [-0.39, 0.29) is 13.2 Å². The van der Waals surface area contributed by atoms with Gasteiger partial charge in [-0.2, -0.15) is 0 Å². The lowest BCUT2D eigenvalue weighted by Gasteiger charge is -2.39. The van der Waals surface area contributed by atoms with E-state index in [1.165, 1.54) is 21.3 Å². The summed E-state index contributed by atoms with van der Waals surface area (Å²) in [7, 11) is 4.59. The maximum Gasteiger partial charge on any atom is 0.232 e. The molecule has 0 aromatic heterocycles. The highest BCUT2D eigenvalue weighted by molar-refractivity contribution is 5.89. The first-order valence-corrected chi connectivity index (χ1v) is 5.77. The summed E-state index contributed by atoms with van der Waals surface area (Å²) in [6.07, 6.45) is 0. The Morgan fingerprint density at radius 2 is 1.63 bits per heavy atom. The average molecular weight is 267 g/mol. The molecule has 0 bridgehead atoms. The maximum atomic E-state index is 11.7. The fourth-order valence-electron chi connectivity index (χ4n) is 2.14. The third-order valence-electron chi connectivity index (χ3n) is 3.39. The van der Waals surface area contributed by atoms with Crippen LogP contribution in [0.3, 0.4) is 0 Å². The topological polar surface area (TPSA) is 80.0 Å². The van der Waals surface area contributed by atoms with E-state index in [4.69, 9.17) is 24.7 Å². The van der Waals surface area contributed by atoms with Crippen molar-refractivity contribution >= 4 is 5.91 Å². The molecule has 6 heteroatoms. The second kappa shape index (κ2) is 4.97. The Bertz CT molecular complexity index is 496. The second-order valence-electron chi connectivity index (χ2n) is 4.35. The first-order valence-electron chi connectivity index (χ1n) is 5.77. The number of hydrogen-bond donors (Lipinski definition) is 1. The molecule has 1 aliphatic rings. The van der Waals surface area contributed by atoms with Gasteiger partial charge in [0.15, 0.2) is 11.5 Å². The fourth-order valence-corrected chi connectivity index (χ4v) is 2.14. The number of hydrogen-bond acceptors (Lipinski definition) is 5. The first-order chi connectivity index (χ1) is 9.08. The number of methoxy groups -OCH3 is 3. The third kappa shape index (κ3) is 1.98. The Hall–Kier alpha value is -1.95. The predicted octanol–water partition coefficient (Wildman–Crippen LogP) is 0.466. The highest BCUT2D eigenvalue weighted by Gasteiger charge is 2.48. The number of benzene rings is 1. The van der Waals surface area contributed by atoms with Crippen molar-refractivity contribution in [1.82, 2.24) is 0 Å². The number of rotatable bonds is 5. The van der Waals surface area contributed by atoms with Gasteiger partial charge < -0.3 is 24.7 Å². The van der Waals surface area contributed by atoms with Crippen LogP contribution in [0.4, 0.5) is 0 Å². The molecule has 1 saturated heterocycles. The van der Waals surface area contributed by atoms with Gasteiger partial charge in [0.05, 0.1) is 34.5 Å². The smallest absolute Gasteiger partial charge is 0.232 e. The summed E-state index contributed by atoms with van der Waals surface area (Å²) in [4.78, 5) is 11.7. The molecule has 1 aromatic carbocycles. The Morgan fingerprint density at radius 1 is 1.11 bits per heavy atom. The fraction of sp³-hybridized carbons (Fsp3) is 0.462. The van der Waals surface area contributed by atoms with Crippen molar-refractivity contribution < 1.29 is 23.7 Å². The van der Waals surface area contributed by atoms with Crippen molar-refractivity contribution in [2.75, 3.05) is 34.5 Å². The molecule has 0 radical (unpaired) electrons. The minimum Gasteiger partial charge on any atom is -0.496 e. The molecule has 1 amide bonds. The van der Waals surface area contributed by atoms with Crippen LogP contribution in [0.15, 0.2) is 12.1 Å². The van der Waals surface area contributed by atoms with E-state index in [1.54, 1.807) is 12.1 Å². The lowest BCUT2D eigenvalue weighted by atomic mass is 9.77. The van der Waals surface area contributed by atoms with E-state index in [0.717, 1.165) is 0 Å². The van der Waals surface area contributed by atoms with Crippen LogP contribution in [-0.2, 0) is 14.9 Å². The molecule has 0 unspecified atom stereocenters. The summed E-state index contributed by atoms with van der Waals surface area (Å²) >= 11 is 0. The molecule has 1 fully saturated rings. The summed E-state index contributed by atoms with van der Waals surface area (Å²) in [5.41, 5.74) is 5.31. The molecule has 6 nitrogen and oxygen atoms in total. The number of carbonyl (C=O) groups excluding carboxylic acids is 1. The van der Waals surface area contributed by atoms with Crippen LogP contribution in [0.2, 0.25) is 0 Å². The molecule has 2 N–H and O–H groups in total. The van der Waals surface area contributed by atoms with Crippen molar-refractivity contribution in [3.05, 3.63) is 17.7 Å². The Balaban J connectivity index is 2.58. The van der Waals surface area contributed by atoms with Crippen LogP contribution in [0, 0.1) is 0 Å². The molecule has 104 valence electrons. The standard InChI is InChI=1S/C13H17NO5/c1-16-9-5-11(18-3)10(17-2)4-8(9)13(12(14)15)6-19-7-13/h4-5H,6-7H2,1-3H3,(H2,14,15). The molecule has 19 heavy (non-hydrogen) atoms. The number of nitrogens with two attached hydrogens (primary N) is 1. The largest absolute Gasteiger partial charge is 0.496 e. The van der Waals surface area contributed by atoms with E-state index in [1.807, 2.05) is 0 Å². The highest BCUT2D eigenvalue weighted by Crippen LogP contribution is 2.43. The molecular formula is C13H17NO5. The van der Waals surface area contributed by atoms with Gasteiger partial charge in [0.25, 0.3) is 0 Å². The SMILES string of the molecule is COc1cc(OC)c(C2(C(N)=O)COC2)cc1OC. The molecule has 1 aliphatic heterocycles. The van der Waals surface area contributed by atoms with Gasteiger partial charge in [-0.3, -0.25) is 4.79 Å². The summed E-state index contributed by atoms with van der Waals surface area (Å²) < 4.78 is 20.9. The molecule has 0 aliphatic carbocycles. The van der Waals surface area contributed by atoms with Crippen LogP contribution in [0.5, 0.6) is 17.2 Å². The zero-order chi connectivity index (χ0) is 14.0. The van der Waals surface area contributed by atoms with Gasteiger partial charge in [-0.25, -0.2) is 0 Å². The van der Waals surface area contributed by atoms with Crippen LogP contribution in [-0.4, -0.2) is 40.5 Å². The lowest BCUT2D eigenvalue weighted by Crippen LogP contribution is -2.56. The number of carbonyl (C=O) groups is 1. The molecular weight excluding hydrogens is 250 g/mol. The van der Waals surface area contributed by atoms with E-state index in [0.29, 0.717) is 22.8 Å². The van der Waals surface area contributed by atoms with E-state index < -0.39 is 11.3 Å². The minimum absolute atomic E-state index is 0.244. The predicted molar refractivity (Wildman–Crippen MR) is 67.8 cm³/mol. The highest BCUT2D eigenvalue weighted by atomic mass is 16.5. The average Bonchev–Trinajstić information content (AvgIpc) is 2.36. The normalized spacial score (nSPS) is 16.4. The number of primary amides is 1. The molecule has 0 atom stereocenters. The van der Waals surface area contributed by atoms with Crippen LogP contribution in [0.25, 0.3) is 0 Å². The quantitative estimate of drug-likeness (QED) is 0.838. The Morgan fingerprint density at radius 3 is 2.00 bits per heavy atom. The van der Waals surface area contributed by atoms with Crippen molar-refractivity contribution in [3.8, 4) is 17.2 Å². The zero-order valence-electron chi connectivity index (χ0n) is 11.2. The molecule has 2 rings (SSSR count). The lowest BCUT2D eigenvalue weighted by molar-refractivity contribution is -0.141. The Labute approximate surface area is 111 Å². The van der Waals surface area contributed by atoms with Gasteiger partial charge >= 0.3 is 0 Å². The summed E-state index contributed by atoms with van der Waals surface area (Å²) in [6, 6.07) is 3.39. The van der Waals surface area contributed by atoms with Gasteiger partial charge in [0, 0.05) is 11.6 Å². The summed E-state index contributed by atoms with van der Waals surface area (Å²) in [5, 5.41) is 0. The van der Waals surface area contributed by atoms with E-state index >= 15 is 0 Å². The minimum atomic E-state index is -0.856. The van der Waals surface area contributed by atoms with E-state index in [9.17, 15) is 4.79 Å². The molecule has 0 spiro atoms. The number of ether oxygens (including phenoxy) is 4. The van der Waals surface area contributed by atoms with Gasteiger partial charge in [0.2, 0.25) is 5.91 Å². The van der Waals surface area contributed by atoms with Crippen molar-refractivity contribution in [3.63, 3.8) is 0 Å². The molecule has 1 heterocycles. The first kappa shape index (κ1) is 13.5. The van der Waals surface area contributed by atoms with Crippen LogP contribution < -0.4 is 19.9 Å². The molecule has 0 saturated carbocycles. The summed E-state index contributed by atoms with van der Waals surface area (Å²) in [5.74, 6) is 1.14. The maximum absolute atomic E-state index is 11.7. The Kier molecular flexibility index (Phi) is 3.53. The third-order valence-corrected chi connectivity index (χ3v) is 3.39. The van der Waals surface area contributed by atoms with Crippen molar-refractivity contribution in [1.29, 1.82) is 0 Å². The van der Waals surface area contributed by atoms with Gasteiger partial charge in [-0.1, -0.05) is 0 Å². The monoisotopic (exact) mass is 267 g/mol. The summed E-state index contributed by atoms with van der Waals surface area (Å²) in [6.45, 7) is 0.488. The van der Waals surface area contributed by atoms with Crippen molar-refractivity contribution in [2.45, 2.75) is 5.41 Å². The van der Waals surface area contributed by atoms with Gasteiger partial charge in [0.1, 0.15) is 11.2 Å². The second-order valence-corrected chi connectivity index (χ2v) is 4.35.